The largest absolute Gasteiger partial charge is 0.426 e. The molecule has 2 amide bonds. The third-order valence-corrected chi connectivity index (χ3v) is 2.38. The molecule has 3 N–H and O–H groups in total. The monoisotopic (exact) mass is 270 g/mol. The second-order valence-electron chi connectivity index (χ2n) is 3.86. The van der Waals surface area contributed by atoms with Crippen LogP contribution in [-0.4, -0.2) is 30.2 Å². The molecule has 1 aliphatic rings. The van der Waals surface area contributed by atoms with Crippen molar-refractivity contribution in [3.63, 3.8) is 0 Å². The molecule has 0 radical (unpaired) electrons. The van der Waals surface area contributed by atoms with E-state index in [1.807, 2.05) is 12.2 Å². The molecule has 0 saturated heterocycles. The molecule has 8 heteroatoms. The summed E-state index contributed by atoms with van der Waals surface area (Å²) in [5.74, 6) is -3.23. The standard InChI is InChI=1S/C11H14N2O6/c12-10(16)18-8(14)9(15)19-11(17)13-7-5-3-1-2-4-6-7/h1,3,7H,2,4-6H2,(H2,12,16)(H,13,17). The molecular weight excluding hydrogens is 256 g/mol. The molecule has 0 aromatic carbocycles. The van der Waals surface area contributed by atoms with E-state index in [1.54, 1.807) is 0 Å². The van der Waals surface area contributed by atoms with E-state index in [-0.39, 0.29) is 6.04 Å². The SMILES string of the molecule is NC(=O)OC(=O)C(=O)OC(=O)NC1CC=CCCC1. The Labute approximate surface area is 108 Å². The number of rotatable bonds is 1. The summed E-state index contributed by atoms with van der Waals surface area (Å²) < 4.78 is 7.92. The van der Waals surface area contributed by atoms with Gasteiger partial charge in [-0.2, -0.15) is 0 Å². The first-order chi connectivity index (χ1) is 8.99. The highest BCUT2D eigenvalue weighted by Gasteiger charge is 2.24. The van der Waals surface area contributed by atoms with Gasteiger partial charge in [0.2, 0.25) is 0 Å². The van der Waals surface area contributed by atoms with Crippen molar-refractivity contribution in [2.75, 3.05) is 0 Å². The Hall–Kier alpha value is -2.38. The van der Waals surface area contributed by atoms with Gasteiger partial charge in [0, 0.05) is 6.04 Å². The molecule has 0 fully saturated rings. The quantitative estimate of drug-likeness (QED) is 0.307. The van der Waals surface area contributed by atoms with Gasteiger partial charge in [-0.25, -0.2) is 19.2 Å². The number of primary amides is 1. The highest BCUT2D eigenvalue weighted by molar-refractivity contribution is 6.33. The molecule has 104 valence electrons. The van der Waals surface area contributed by atoms with Crippen molar-refractivity contribution in [1.29, 1.82) is 0 Å². The lowest BCUT2D eigenvalue weighted by molar-refractivity contribution is -0.159. The minimum Gasteiger partial charge on any atom is -0.368 e. The second kappa shape index (κ2) is 7.14. The van der Waals surface area contributed by atoms with Crippen LogP contribution in [0.3, 0.4) is 0 Å². The summed E-state index contributed by atoms with van der Waals surface area (Å²) in [5, 5.41) is 2.44. The van der Waals surface area contributed by atoms with Gasteiger partial charge in [0.1, 0.15) is 0 Å². The maximum absolute atomic E-state index is 11.3. The van der Waals surface area contributed by atoms with Gasteiger partial charge >= 0.3 is 24.1 Å². The lowest BCUT2D eigenvalue weighted by atomic mass is 10.1. The highest BCUT2D eigenvalue weighted by Crippen LogP contribution is 2.11. The summed E-state index contributed by atoms with van der Waals surface area (Å²) in [6.07, 6.45) is 4.60. The lowest BCUT2D eigenvalue weighted by Crippen LogP contribution is -2.38. The number of nitrogens with two attached hydrogens (primary N) is 1. The second-order valence-corrected chi connectivity index (χ2v) is 3.86. The average Bonchev–Trinajstić information content (AvgIpc) is 2.56. The Morgan fingerprint density at radius 1 is 1.11 bits per heavy atom. The van der Waals surface area contributed by atoms with Crippen molar-refractivity contribution in [2.45, 2.75) is 31.7 Å². The van der Waals surface area contributed by atoms with Gasteiger partial charge in [0.15, 0.2) is 0 Å². The molecule has 0 aliphatic heterocycles. The first-order valence-electron chi connectivity index (χ1n) is 5.68. The van der Waals surface area contributed by atoms with Gasteiger partial charge in [-0.1, -0.05) is 12.2 Å². The zero-order chi connectivity index (χ0) is 14.3. The maximum Gasteiger partial charge on any atom is 0.426 e. The van der Waals surface area contributed by atoms with Crippen LogP contribution >= 0.6 is 0 Å². The van der Waals surface area contributed by atoms with Gasteiger partial charge in [-0.05, 0) is 25.7 Å². The molecule has 0 aromatic rings. The summed E-state index contributed by atoms with van der Waals surface area (Å²) in [6.45, 7) is 0. The zero-order valence-electron chi connectivity index (χ0n) is 10.1. The number of amides is 2. The van der Waals surface area contributed by atoms with Crippen LogP contribution < -0.4 is 11.1 Å². The Morgan fingerprint density at radius 3 is 2.47 bits per heavy atom. The fourth-order valence-corrected chi connectivity index (χ4v) is 1.56. The van der Waals surface area contributed by atoms with E-state index >= 15 is 0 Å². The number of esters is 2. The van der Waals surface area contributed by atoms with Crippen LogP contribution in [0.15, 0.2) is 12.2 Å². The van der Waals surface area contributed by atoms with E-state index in [0.717, 1.165) is 19.3 Å². The molecule has 0 saturated carbocycles. The van der Waals surface area contributed by atoms with E-state index in [1.165, 1.54) is 0 Å². The fraction of sp³-hybridized carbons (Fsp3) is 0.455. The Bertz CT molecular complexity index is 417. The summed E-state index contributed by atoms with van der Waals surface area (Å²) in [4.78, 5) is 43.4. The molecule has 1 aliphatic carbocycles. The van der Waals surface area contributed by atoms with Crippen molar-refractivity contribution >= 4 is 24.1 Å². The molecule has 0 spiro atoms. The fourth-order valence-electron chi connectivity index (χ4n) is 1.56. The van der Waals surface area contributed by atoms with Crippen molar-refractivity contribution in [1.82, 2.24) is 5.32 Å². The minimum absolute atomic E-state index is 0.161. The van der Waals surface area contributed by atoms with E-state index in [4.69, 9.17) is 0 Å². The van der Waals surface area contributed by atoms with Crippen LogP contribution in [0.5, 0.6) is 0 Å². The third kappa shape index (κ3) is 5.66. The van der Waals surface area contributed by atoms with Crippen LogP contribution in [0, 0.1) is 0 Å². The van der Waals surface area contributed by atoms with Crippen molar-refractivity contribution in [3.8, 4) is 0 Å². The van der Waals surface area contributed by atoms with Gasteiger partial charge in [-0.3, -0.25) is 0 Å². The summed E-state index contributed by atoms with van der Waals surface area (Å²) in [7, 11) is 0. The first-order valence-corrected chi connectivity index (χ1v) is 5.68. The van der Waals surface area contributed by atoms with Crippen LogP contribution in [0.4, 0.5) is 9.59 Å². The van der Waals surface area contributed by atoms with Crippen LogP contribution in [0.25, 0.3) is 0 Å². The summed E-state index contributed by atoms with van der Waals surface area (Å²) in [5.41, 5.74) is 4.53. The van der Waals surface area contributed by atoms with Crippen LogP contribution in [0.2, 0.25) is 0 Å². The van der Waals surface area contributed by atoms with Crippen molar-refractivity contribution < 1.29 is 28.7 Å². The Kier molecular flexibility index (Phi) is 5.52. The Balaban J connectivity index is 2.37. The number of alkyl carbamates (subject to hydrolysis) is 1. The zero-order valence-corrected chi connectivity index (χ0v) is 10.1. The molecule has 1 rings (SSSR count). The Morgan fingerprint density at radius 2 is 1.79 bits per heavy atom. The number of hydrogen-bond acceptors (Lipinski definition) is 6. The van der Waals surface area contributed by atoms with Crippen molar-refractivity contribution in [2.24, 2.45) is 5.73 Å². The van der Waals surface area contributed by atoms with E-state index < -0.39 is 24.1 Å². The number of nitrogens with one attached hydrogen (secondary N) is 1. The van der Waals surface area contributed by atoms with E-state index in [2.05, 4.69) is 20.5 Å². The van der Waals surface area contributed by atoms with Gasteiger partial charge < -0.3 is 20.5 Å². The third-order valence-electron chi connectivity index (χ3n) is 2.38. The van der Waals surface area contributed by atoms with Crippen LogP contribution in [-0.2, 0) is 19.1 Å². The van der Waals surface area contributed by atoms with E-state index in [9.17, 15) is 19.2 Å². The minimum atomic E-state index is -1.64. The molecule has 0 aromatic heterocycles. The highest BCUT2D eigenvalue weighted by atomic mass is 16.6. The predicted octanol–water partition coefficient (Wildman–Crippen LogP) is 0.360. The predicted molar refractivity (Wildman–Crippen MR) is 61.7 cm³/mol. The maximum atomic E-state index is 11.3. The number of carbonyl (C=O) groups excluding carboxylic acids is 4. The molecule has 1 unspecified atom stereocenters. The van der Waals surface area contributed by atoms with E-state index in [0.29, 0.717) is 6.42 Å². The summed E-state index contributed by atoms with van der Waals surface area (Å²) >= 11 is 0. The smallest absolute Gasteiger partial charge is 0.368 e. The molecular formula is C11H14N2O6. The molecule has 19 heavy (non-hydrogen) atoms. The topological polar surface area (TPSA) is 125 Å². The summed E-state index contributed by atoms with van der Waals surface area (Å²) in [6, 6.07) is -0.161. The van der Waals surface area contributed by atoms with Gasteiger partial charge in [0.25, 0.3) is 0 Å². The molecule has 8 nitrogen and oxygen atoms in total. The van der Waals surface area contributed by atoms with Gasteiger partial charge in [-0.15, -0.1) is 0 Å². The molecule has 0 bridgehead atoms. The van der Waals surface area contributed by atoms with Crippen molar-refractivity contribution in [3.05, 3.63) is 12.2 Å². The van der Waals surface area contributed by atoms with Crippen LogP contribution in [0.1, 0.15) is 25.7 Å². The number of allylic oxidation sites excluding steroid dienone is 1. The number of hydrogen-bond donors (Lipinski definition) is 2. The average molecular weight is 270 g/mol. The lowest BCUT2D eigenvalue weighted by Gasteiger charge is -2.14. The number of ether oxygens (including phenoxy) is 2. The molecule has 0 heterocycles. The first kappa shape index (κ1) is 14.7. The van der Waals surface area contributed by atoms with Gasteiger partial charge in [0.05, 0.1) is 0 Å². The normalized spacial score (nSPS) is 18.0. The number of carbonyl (C=O) groups is 4. The molecule has 1 atom stereocenters.